The van der Waals surface area contributed by atoms with Crippen LogP contribution >= 0.6 is 12.4 Å². The number of carbonyl (C=O) groups excluding carboxylic acids is 1. The number of piperidine rings is 1. The lowest BCUT2D eigenvalue weighted by molar-refractivity contribution is -0.123. The molecule has 1 aliphatic heterocycles. The fraction of sp³-hybridized carbons (Fsp3) is 0.500. The lowest BCUT2D eigenvalue weighted by Crippen LogP contribution is -2.44. The van der Waals surface area contributed by atoms with E-state index in [1.54, 1.807) is 19.2 Å². The molecule has 0 aromatic heterocycles. The van der Waals surface area contributed by atoms with Gasteiger partial charge in [0.25, 0.3) is 5.91 Å². The van der Waals surface area contributed by atoms with E-state index in [-0.39, 0.29) is 31.0 Å². The summed E-state index contributed by atoms with van der Waals surface area (Å²) in [5, 5.41) is 6.24. The molecule has 1 aromatic rings. The van der Waals surface area contributed by atoms with Crippen molar-refractivity contribution in [1.82, 2.24) is 10.6 Å². The van der Waals surface area contributed by atoms with Crippen molar-refractivity contribution in [2.24, 2.45) is 0 Å². The molecule has 6 heteroatoms. The van der Waals surface area contributed by atoms with Gasteiger partial charge >= 0.3 is 0 Å². The van der Waals surface area contributed by atoms with Gasteiger partial charge in [-0.3, -0.25) is 4.79 Å². The van der Waals surface area contributed by atoms with Gasteiger partial charge in [0, 0.05) is 12.1 Å². The Morgan fingerprint density at radius 2 is 2.05 bits per heavy atom. The number of amides is 1. The third kappa shape index (κ3) is 5.27. The highest BCUT2D eigenvalue weighted by Gasteiger charge is 2.15. The van der Waals surface area contributed by atoms with Gasteiger partial charge in [-0.15, -0.1) is 12.4 Å². The Morgan fingerprint density at radius 3 is 2.75 bits per heavy atom. The highest BCUT2D eigenvalue weighted by Crippen LogP contribution is 2.18. The number of ether oxygens (including phenoxy) is 2. The first-order valence-electron chi connectivity index (χ1n) is 6.55. The Kier molecular flexibility index (Phi) is 7.18. The minimum atomic E-state index is -0.0743. The van der Waals surface area contributed by atoms with E-state index in [4.69, 9.17) is 9.47 Å². The Balaban J connectivity index is 0.00000200. The van der Waals surface area contributed by atoms with Crippen molar-refractivity contribution < 1.29 is 14.3 Å². The van der Waals surface area contributed by atoms with E-state index in [0.717, 1.165) is 31.7 Å². The molecule has 0 atom stereocenters. The van der Waals surface area contributed by atoms with Crippen LogP contribution in [0.25, 0.3) is 0 Å². The van der Waals surface area contributed by atoms with Gasteiger partial charge in [0.05, 0.1) is 7.11 Å². The van der Waals surface area contributed by atoms with E-state index >= 15 is 0 Å². The molecule has 0 bridgehead atoms. The van der Waals surface area contributed by atoms with Crippen LogP contribution in [0.15, 0.2) is 24.3 Å². The molecule has 0 aliphatic carbocycles. The molecule has 2 N–H and O–H groups in total. The van der Waals surface area contributed by atoms with E-state index in [0.29, 0.717) is 5.75 Å². The summed E-state index contributed by atoms with van der Waals surface area (Å²) in [4.78, 5) is 11.8. The molecule has 0 spiro atoms. The van der Waals surface area contributed by atoms with Crippen LogP contribution < -0.4 is 20.1 Å². The summed E-state index contributed by atoms with van der Waals surface area (Å²) in [7, 11) is 1.60. The molecule has 1 heterocycles. The Morgan fingerprint density at radius 1 is 1.35 bits per heavy atom. The minimum absolute atomic E-state index is 0. The summed E-state index contributed by atoms with van der Waals surface area (Å²) in [6.45, 7) is 1.96. The summed E-state index contributed by atoms with van der Waals surface area (Å²) in [5.41, 5.74) is 0. The van der Waals surface area contributed by atoms with E-state index in [9.17, 15) is 4.79 Å². The standard InChI is InChI=1S/C14H20N2O3.ClH/c1-18-12-3-2-4-13(9-12)19-10-14(17)16-11-5-7-15-8-6-11;/h2-4,9,11,15H,5-8,10H2,1H3,(H,16,17);1H. The second-order valence-electron chi connectivity index (χ2n) is 4.56. The Hall–Kier alpha value is -1.46. The summed E-state index contributed by atoms with van der Waals surface area (Å²) in [6, 6.07) is 7.50. The number of nitrogens with one attached hydrogen (secondary N) is 2. The summed E-state index contributed by atoms with van der Waals surface area (Å²) in [6.07, 6.45) is 1.95. The largest absolute Gasteiger partial charge is 0.497 e. The molecule has 2 rings (SSSR count). The van der Waals surface area contributed by atoms with Crippen LogP contribution in [0.3, 0.4) is 0 Å². The summed E-state index contributed by atoms with van der Waals surface area (Å²) < 4.78 is 10.5. The van der Waals surface area contributed by atoms with E-state index < -0.39 is 0 Å². The zero-order valence-corrected chi connectivity index (χ0v) is 12.4. The SMILES string of the molecule is COc1cccc(OCC(=O)NC2CCNCC2)c1.Cl. The monoisotopic (exact) mass is 300 g/mol. The van der Waals surface area contributed by atoms with Gasteiger partial charge < -0.3 is 20.1 Å². The molecular weight excluding hydrogens is 280 g/mol. The molecule has 5 nitrogen and oxygen atoms in total. The van der Waals surface area contributed by atoms with Gasteiger partial charge in [-0.05, 0) is 38.1 Å². The molecule has 1 amide bonds. The number of rotatable bonds is 5. The quantitative estimate of drug-likeness (QED) is 0.862. The van der Waals surface area contributed by atoms with Crippen molar-refractivity contribution >= 4 is 18.3 Å². The third-order valence-corrected chi connectivity index (χ3v) is 3.12. The zero-order chi connectivity index (χ0) is 13.5. The highest BCUT2D eigenvalue weighted by atomic mass is 35.5. The van der Waals surface area contributed by atoms with Crippen molar-refractivity contribution in [3.63, 3.8) is 0 Å². The predicted molar refractivity (Wildman–Crippen MR) is 79.8 cm³/mol. The normalized spacial score (nSPS) is 15.1. The zero-order valence-electron chi connectivity index (χ0n) is 11.6. The maximum Gasteiger partial charge on any atom is 0.258 e. The highest BCUT2D eigenvalue weighted by molar-refractivity contribution is 5.85. The van der Waals surface area contributed by atoms with Crippen molar-refractivity contribution in [1.29, 1.82) is 0 Å². The van der Waals surface area contributed by atoms with Crippen LogP contribution in [0, 0.1) is 0 Å². The molecule has 0 unspecified atom stereocenters. The van der Waals surface area contributed by atoms with Crippen LogP contribution in [0.4, 0.5) is 0 Å². The first-order valence-corrected chi connectivity index (χ1v) is 6.55. The maximum atomic E-state index is 11.8. The van der Waals surface area contributed by atoms with Gasteiger partial charge in [0.15, 0.2) is 6.61 Å². The second kappa shape index (κ2) is 8.66. The van der Waals surface area contributed by atoms with Crippen LogP contribution in [-0.4, -0.2) is 38.8 Å². The maximum absolute atomic E-state index is 11.8. The topological polar surface area (TPSA) is 59.6 Å². The Bertz CT molecular complexity index is 423. The number of hydrogen-bond acceptors (Lipinski definition) is 4. The van der Waals surface area contributed by atoms with Gasteiger partial charge in [-0.2, -0.15) is 0 Å². The number of methoxy groups -OCH3 is 1. The summed E-state index contributed by atoms with van der Waals surface area (Å²) >= 11 is 0. The average Bonchev–Trinajstić information content (AvgIpc) is 2.46. The van der Waals surface area contributed by atoms with Crippen LogP contribution in [0.1, 0.15) is 12.8 Å². The van der Waals surface area contributed by atoms with Crippen molar-refractivity contribution in [3.8, 4) is 11.5 Å². The van der Waals surface area contributed by atoms with Gasteiger partial charge in [-0.1, -0.05) is 6.07 Å². The van der Waals surface area contributed by atoms with E-state index in [1.807, 2.05) is 12.1 Å². The molecule has 1 fully saturated rings. The van der Waals surface area contributed by atoms with Gasteiger partial charge in [-0.25, -0.2) is 0 Å². The van der Waals surface area contributed by atoms with Gasteiger partial charge in [0.2, 0.25) is 0 Å². The Labute approximate surface area is 125 Å². The van der Waals surface area contributed by atoms with Gasteiger partial charge in [0.1, 0.15) is 11.5 Å². The first kappa shape index (κ1) is 16.6. The third-order valence-electron chi connectivity index (χ3n) is 3.12. The fourth-order valence-corrected chi connectivity index (χ4v) is 2.08. The molecule has 20 heavy (non-hydrogen) atoms. The molecule has 1 aromatic carbocycles. The lowest BCUT2D eigenvalue weighted by Gasteiger charge is -2.23. The summed E-state index contributed by atoms with van der Waals surface area (Å²) in [5.74, 6) is 1.28. The number of hydrogen-bond donors (Lipinski definition) is 2. The van der Waals surface area contributed by atoms with Crippen LogP contribution in [-0.2, 0) is 4.79 Å². The molecule has 0 saturated carbocycles. The van der Waals surface area contributed by atoms with Crippen molar-refractivity contribution in [3.05, 3.63) is 24.3 Å². The predicted octanol–water partition coefficient (Wildman–Crippen LogP) is 1.36. The van der Waals surface area contributed by atoms with Crippen LogP contribution in [0.5, 0.6) is 11.5 Å². The van der Waals surface area contributed by atoms with E-state index in [1.165, 1.54) is 0 Å². The molecule has 1 aliphatic rings. The van der Waals surface area contributed by atoms with Crippen molar-refractivity contribution in [2.75, 3.05) is 26.8 Å². The molecular formula is C14H21ClN2O3. The molecule has 1 saturated heterocycles. The van der Waals surface area contributed by atoms with Crippen LogP contribution in [0.2, 0.25) is 0 Å². The second-order valence-corrected chi connectivity index (χ2v) is 4.56. The average molecular weight is 301 g/mol. The number of halogens is 1. The fourth-order valence-electron chi connectivity index (χ4n) is 2.08. The number of benzene rings is 1. The first-order chi connectivity index (χ1) is 9.28. The minimum Gasteiger partial charge on any atom is -0.497 e. The van der Waals surface area contributed by atoms with E-state index in [2.05, 4.69) is 10.6 Å². The smallest absolute Gasteiger partial charge is 0.258 e. The molecule has 112 valence electrons. The lowest BCUT2D eigenvalue weighted by atomic mass is 10.1. The van der Waals surface area contributed by atoms with Crippen molar-refractivity contribution in [2.45, 2.75) is 18.9 Å². The number of carbonyl (C=O) groups is 1. The molecule has 0 radical (unpaired) electrons.